The molecule has 1 aliphatic rings. The fourth-order valence-electron chi connectivity index (χ4n) is 2.28. The first kappa shape index (κ1) is 22.6. The van der Waals surface area contributed by atoms with E-state index in [2.05, 4.69) is 24.2 Å². The van der Waals surface area contributed by atoms with Crippen LogP contribution in [0.4, 0.5) is 13.2 Å². The van der Waals surface area contributed by atoms with Gasteiger partial charge in [0.05, 0.1) is 5.75 Å². The van der Waals surface area contributed by atoms with Crippen molar-refractivity contribution in [2.45, 2.75) is 26.6 Å². The fourth-order valence-corrected chi connectivity index (χ4v) is 3.06. The van der Waals surface area contributed by atoms with Crippen molar-refractivity contribution in [2.75, 3.05) is 25.4 Å². The number of rotatable bonds is 5. The fraction of sp³-hybridized carbons (Fsp3) is 0.529. The van der Waals surface area contributed by atoms with Crippen molar-refractivity contribution in [3.8, 4) is 0 Å². The van der Waals surface area contributed by atoms with Gasteiger partial charge >= 0.3 is 6.18 Å². The quantitative estimate of drug-likeness (QED) is 0.806. The summed E-state index contributed by atoms with van der Waals surface area (Å²) in [4.78, 5) is 17.5. The number of hydrogen-bond donors (Lipinski definition) is 1. The van der Waals surface area contributed by atoms with Gasteiger partial charge in [-0.1, -0.05) is 55.9 Å². The van der Waals surface area contributed by atoms with Crippen LogP contribution in [0.5, 0.6) is 0 Å². The molecule has 0 saturated heterocycles. The number of hydrogen-bond acceptors (Lipinski definition) is 4. The Morgan fingerprint density at radius 1 is 1.31 bits per heavy atom. The molecule has 4 nitrogen and oxygen atoms in total. The Morgan fingerprint density at radius 2 is 1.96 bits per heavy atom. The second-order valence-corrected chi connectivity index (χ2v) is 7.74. The molecule has 1 heterocycles. The standard InChI is InChI=1S/C17H22F3N3OS.ClH/c1-16(2)10-21-15(22-11-16)25-9-14(24)23(12-17(18,19)20)8-13-6-4-3-5-7-13;/h3-7H,8-12H2,1-2H3,(H,21,22);1H. The topological polar surface area (TPSA) is 44.7 Å². The average Bonchev–Trinajstić information content (AvgIpc) is 2.52. The summed E-state index contributed by atoms with van der Waals surface area (Å²) in [6.07, 6.45) is -4.43. The maximum Gasteiger partial charge on any atom is 0.406 e. The zero-order valence-electron chi connectivity index (χ0n) is 14.7. The third-order valence-corrected chi connectivity index (χ3v) is 4.58. The number of halogens is 4. The lowest BCUT2D eigenvalue weighted by Gasteiger charge is -2.29. The van der Waals surface area contributed by atoms with Crippen LogP contribution < -0.4 is 5.32 Å². The Labute approximate surface area is 162 Å². The second-order valence-electron chi connectivity index (χ2n) is 6.78. The van der Waals surface area contributed by atoms with Crippen molar-refractivity contribution in [3.63, 3.8) is 0 Å². The zero-order chi connectivity index (χ0) is 18.5. The SMILES string of the molecule is CC1(C)CN=C(SCC(=O)N(Cc2ccccc2)CC(F)(F)F)NC1.Cl. The lowest BCUT2D eigenvalue weighted by molar-refractivity contribution is -0.160. The molecule has 0 aliphatic carbocycles. The molecule has 2 rings (SSSR count). The van der Waals surface area contributed by atoms with Crippen LogP contribution in [-0.2, 0) is 11.3 Å². The molecule has 9 heteroatoms. The van der Waals surface area contributed by atoms with Crippen LogP contribution in [0, 0.1) is 5.41 Å². The van der Waals surface area contributed by atoms with E-state index < -0.39 is 18.6 Å². The normalized spacial score (nSPS) is 16.1. The minimum atomic E-state index is -4.43. The van der Waals surface area contributed by atoms with E-state index in [9.17, 15) is 18.0 Å². The lowest BCUT2D eigenvalue weighted by Crippen LogP contribution is -2.42. The first-order valence-electron chi connectivity index (χ1n) is 7.94. The van der Waals surface area contributed by atoms with Crippen molar-refractivity contribution in [1.82, 2.24) is 10.2 Å². The number of benzene rings is 1. The van der Waals surface area contributed by atoms with Gasteiger partial charge in [-0.2, -0.15) is 13.2 Å². The largest absolute Gasteiger partial charge is 0.406 e. The Morgan fingerprint density at radius 3 is 2.50 bits per heavy atom. The van der Waals surface area contributed by atoms with E-state index in [0.29, 0.717) is 17.3 Å². The van der Waals surface area contributed by atoms with Gasteiger partial charge in [0.25, 0.3) is 0 Å². The Bertz CT molecular complexity index is 623. The summed E-state index contributed by atoms with van der Waals surface area (Å²) in [5.74, 6) is -0.629. The van der Waals surface area contributed by atoms with E-state index in [4.69, 9.17) is 0 Å². The van der Waals surface area contributed by atoms with Gasteiger partial charge < -0.3 is 10.2 Å². The molecule has 26 heavy (non-hydrogen) atoms. The van der Waals surface area contributed by atoms with E-state index in [1.165, 1.54) is 0 Å². The number of nitrogens with zero attached hydrogens (tertiary/aromatic N) is 2. The number of amides is 1. The molecule has 1 aromatic carbocycles. The molecule has 1 aliphatic heterocycles. The maximum absolute atomic E-state index is 12.8. The summed E-state index contributed by atoms with van der Waals surface area (Å²) >= 11 is 1.15. The first-order chi connectivity index (χ1) is 11.6. The summed E-state index contributed by atoms with van der Waals surface area (Å²) in [6.45, 7) is 4.18. The van der Waals surface area contributed by atoms with E-state index in [0.717, 1.165) is 23.2 Å². The predicted octanol–water partition coefficient (Wildman–Crippen LogP) is 3.72. The monoisotopic (exact) mass is 409 g/mol. The van der Waals surface area contributed by atoms with Crippen LogP contribution >= 0.6 is 24.2 Å². The Balaban J connectivity index is 0.00000338. The summed E-state index contributed by atoms with van der Waals surface area (Å²) in [6, 6.07) is 8.67. The number of carbonyl (C=O) groups is 1. The van der Waals surface area contributed by atoms with Crippen molar-refractivity contribution < 1.29 is 18.0 Å². The van der Waals surface area contributed by atoms with Crippen LogP contribution in [0.25, 0.3) is 0 Å². The van der Waals surface area contributed by atoms with E-state index in [1.54, 1.807) is 30.3 Å². The molecular weight excluding hydrogens is 387 g/mol. The van der Waals surface area contributed by atoms with Gasteiger partial charge in [0.2, 0.25) is 5.91 Å². The molecule has 0 atom stereocenters. The highest BCUT2D eigenvalue weighted by Crippen LogP contribution is 2.21. The molecule has 0 saturated carbocycles. The van der Waals surface area contributed by atoms with Crippen LogP contribution in [0.2, 0.25) is 0 Å². The van der Waals surface area contributed by atoms with Gasteiger partial charge in [0, 0.05) is 25.0 Å². The van der Waals surface area contributed by atoms with Crippen LogP contribution in [0.3, 0.4) is 0 Å². The lowest BCUT2D eigenvalue weighted by atomic mass is 9.93. The molecule has 0 spiro atoms. The first-order valence-corrected chi connectivity index (χ1v) is 8.93. The molecule has 0 unspecified atom stereocenters. The third kappa shape index (κ3) is 7.86. The zero-order valence-corrected chi connectivity index (χ0v) is 16.3. The number of aliphatic imine (C=N–C) groups is 1. The molecule has 1 N–H and O–H groups in total. The Kier molecular flexibility index (Phi) is 8.27. The Hall–Kier alpha value is -1.41. The molecule has 0 bridgehead atoms. The van der Waals surface area contributed by atoms with Gasteiger partial charge in [-0.25, -0.2) is 0 Å². The van der Waals surface area contributed by atoms with E-state index in [1.807, 2.05) is 0 Å². The van der Waals surface area contributed by atoms with Gasteiger partial charge in [-0.3, -0.25) is 9.79 Å². The van der Waals surface area contributed by atoms with Crippen LogP contribution in [-0.4, -0.2) is 47.5 Å². The van der Waals surface area contributed by atoms with Crippen molar-refractivity contribution in [2.24, 2.45) is 10.4 Å². The second kappa shape index (κ2) is 9.50. The summed E-state index contributed by atoms with van der Waals surface area (Å²) in [5, 5.41) is 3.73. The molecule has 0 fully saturated rings. The summed E-state index contributed by atoms with van der Waals surface area (Å²) < 4.78 is 38.4. The van der Waals surface area contributed by atoms with Crippen LogP contribution in [0.1, 0.15) is 19.4 Å². The molecule has 1 aromatic rings. The molecule has 0 aromatic heterocycles. The highest BCUT2D eigenvalue weighted by atomic mass is 35.5. The van der Waals surface area contributed by atoms with Gasteiger partial charge in [-0.15, -0.1) is 12.4 Å². The highest BCUT2D eigenvalue weighted by Gasteiger charge is 2.33. The predicted molar refractivity (Wildman–Crippen MR) is 102 cm³/mol. The van der Waals surface area contributed by atoms with Crippen LogP contribution in [0.15, 0.2) is 35.3 Å². The summed E-state index contributed by atoms with van der Waals surface area (Å²) in [7, 11) is 0. The average molecular weight is 410 g/mol. The number of thioether (sulfide) groups is 1. The highest BCUT2D eigenvalue weighted by molar-refractivity contribution is 8.14. The van der Waals surface area contributed by atoms with Crippen molar-refractivity contribution >= 4 is 35.2 Å². The van der Waals surface area contributed by atoms with Gasteiger partial charge in [-0.05, 0) is 5.56 Å². The molecular formula is C17H23ClF3N3OS. The van der Waals surface area contributed by atoms with E-state index in [-0.39, 0.29) is 30.1 Å². The number of alkyl halides is 3. The van der Waals surface area contributed by atoms with Crippen molar-refractivity contribution in [1.29, 1.82) is 0 Å². The molecule has 1 amide bonds. The third-order valence-electron chi connectivity index (χ3n) is 3.64. The van der Waals surface area contributed by atoms with E-state index >= 15 is 0 Å². The number of amidine groups is 1. The molecule has 0 radical (unpaired) electrons. The maximum atomic E-state index is 12.8. The van der Waals surface area contributed by atoms with Gasteiger partial charge in [0.1, 0.15) is 6.54 Å². The number of nitrogens with one attached hydrogen (secondary N) is 1. The number of carbonyl (C=O) groups excluding carboxylic acids is 1. The summed E-state index contributed by atoms with van der Waals surface area (Å²) in [5.41, 5.74) is 0.712. The van der Waals surface area contributed by atoms with Crippen molar-refractivity contribution in [3.05, 3.63) is 35.9 Å². The molecule has 146 valence electrons. The smallest absolute Gasteiger partial charge is 0.364 e. The van der Waals surface area contributed by atoms with Gasteiger partial charge in [0.15, 0.2) is 5.17 Å². The minimum absolute atomic E-state index is 0. The minimum Gasteiger partial charge on any atom is -0.364 e.